The minimum atomic E-state index is -4.91. The van der Waals surface area contributed by atoms with Crippen molar-refractivity contribution in [2.75, 3.05) is 19.6 Å². The molecule has 9 heteroatoms. The summed E-state index contributed by atoms with van der Waals surface area (Å²) in [5.74, 6) is -2.65. The second kappa shape index (κ2) is 8.00. The van der Waals surface area contributed by atoms with Crippen LogP contribution >= 0.6 is 0 Å². The molecule has 1 fully saturated rings. The van der Waals surface area contributed by atoms with Crippen LogP contribution in [0.3, 0.4) is 0 Å². The van der Waals surface area contributed by atoms with Crippen LogP contribution < -0.4 is 10.6 Å². The number of alkyl halides is 3. The third kappa shape index (κ3) is 5.47. The van der Waals surface area contributed by atoms with E-state index in [0.717, 1.165) is 0 Å². The van der Waals surface area contributed by atoms with Gasteiger partial charge in [-0.25, -0.2) is 0 Å². The first kappa shape index (κ1) is 18.8. The van der Waals surface area contributed by atoms with Crippen LogP contribution in [0.4, 0.5) is 13.2 Å². The predicted molar refractivity (Wildman–Crippen MR) is 82.6 cm³/mol. The fourth-order valence-corrected chi connectivity index (χ4v) is 2.50. The van der Waals surface area contributed by atoms with Gasteiger partial charge < -0.3 is 15.5 Å². The van der Waals surface area contributed by atoms with Gasteiger partial charge in [0.2, 0.25) is 5.91 Å². The fraction of sp³-hybridized carbons (Fsp3) is 0.438. The Balaban J connectivity index is 1.74. The van der Waals surface area contributed by atoms with E-state index in [-0.39, 0.29) is 44.3 Å². The normalized spacial score (nSPS) is 15.6. The number of nitrogens with zero attached hydrogens (tertiary/aromatic N) is 1. The van der Waals surface area contributed by atoms with Crippen LogP contribution in [0, 0.1) is 0 Å². The minimum Gasteiger partial charge on any atom is -0.345 e. The Hall–Kier alpha value is -2.58. The van der Waals surface area contributed by atoms with Crippen LogP contribution in [0.2, 0.25) is 0 Å². The van der Waals surface area contributed by atoms with Gasteiger partial charge in [-0.05, 0) is 25.0 Å². The van der Waals surface area contributed by atoms with Gasteiger partial charge in [-0.3, -0.25) is 14.4 Å². The van der Waals surface area contributed by atoms with Crippen molar-refractivity contribution in [3.05, 3.63) is 35.9 Å². The van der Waals surface area contributed by atoms with Crippen LogP contribution in [0.1, 0.15) is 23.2 Å². The molecule has 1 aromatic rings. The summed E-state index contributed by atoms with van der Waals surface area (Å²) in [6.45, 7) is 0.263. The zero-order valence-electron chi connectivity index (χ0n) is 13.3. The SMILES string of the molecule is O=C(NCC(=O)N1CCC(NC(=O)C(F)(F)F)CC1)c1ccccc1. The van der Waals surface area contributed by atoms with Crippen molar-refractivity contribution in [3.8, 4) is 0 Å². The molecular weight excluding hydrogens is 339 g/mol. The Morgan fingerprint density at radius 1 is 1.08 bits per heavy atom. The van der Waals surface area contributed by atoms with Gasteiger partial charge in [-0.15, -0.1) is 0 Å². The van der Waals surface area contributed by atoms with E-state index in [2.05, 4.69) is 5.32 Å². The maximum Gasteiger partial charge on any atom is 0.471 e. The smallest absolute Gasteiger partial charge is 0.345 e. The summed E-state index contributed by atoms with van der Waals surface area (Å²) < 4.78 is 36.6. The van der Waals surface area contributed by atoms with Crippen LogP contribution in [0.25, 0.3) is 0 Å². The monoisotopic (exact) mass is 357 g/mol. The third-order valence-electron chi connectivity index (χ3n) is 3.88. The van der Waals surface area contributed by atoms with Gasteiger partial charge >= 0.3 is 12.1 Å². The second-order valence-corrected chi connectivity index (χ2v) is 5.67. The lowest BCUT2D eigenvalue weighted by Gasteiger charge is -2.32. The number of hydrogen-bond acceptors (Lipinski definition) is 3. The number of benzene rings is 1. The van der Waals surface area contributed by atoms with E-state index in [9.17, 15) is 27.6 Å². The molecule has 0 spiro atoms. The number of halogens is 3. The molecule has 1 saturated heterocycles. The number of nitrogens with one attached hydrogen (secondary N) is 2. The lowest BCUT2D eigenvalue weighted by Crippen LogP contribution is -2.51. The van der Waals surface area contributed by atoms with Gasteiger partial charge in [0.15, 0.2) is 0 Å². The highest BCUT2D eigenvalue weighted by molar-refractivity contribution is 5.96. The van der Waals surface area contributed by atoms with Crippen molar-refractivity contribution in [1.29, 1.82) is 0 Å². The summed E-state index contributed by atoms with van der Waals surface area (Å²) in [5.41, 5.74) is 0.434. The number of hydrogen-bond donors (Lipinski definition) is 2. The standard InChI is InChI=1S/C16H18F3N3O3/c17-16(18,19)15(25)21-12-6-8-22(9-7-12)13(23)10-20-14(24)11-4-2-1-3-5-11/h1-5,12H,6-10H2,(H,20,24)(H,21,25). The van der Waals surface area contributed by atoms with Gasteiger partial charge in [0, 0.05) is 24.7 Å². The van der Waals surface area contributed by atoms with Crippen LogP contribution in [-0.4, -0.2) is 54.5 Å². The molecule has 0 unspecified atom stereocenters. The summed E-state index contributed by atoms with van der Waals surface area (Å²) in [6.07, 6.45) is -4.44. The van der Waals surface area contributed by atoms with Gasteiger partial charge in [0.1, 0.15) is 0 Å². The molecule has 25 heavy (non-hydrogen) atoms. The Kier molecular flexibility index (Phi) is 6.00. The molecule has 0 aliphatic carbocycles. The first-order valence-electron chi connectivity index (χ1n) is 7.76. The van der Waals surface area contributed by atoms with E-state index < -0.39 is 18.1 Å². The van der Waals surface area contributed by atoms with Gasteiger partial charge in [-0.2, -0.15) is 13.2 Å². The first-order chi connectivity index (χ1) is 11.8. The second-order valence-electron chi connectivity index (χ2n) is 5.67. The third-order valence-corrected chi connectivity index (χ3v) is 3.88. The molecule has 0 atom stereocenters. The summed E-state index contributed by atoms with van der Waals surface area (Å²) in [6, 6.07) is 7.80. The predicted octanol–water partition coefficient (Wildman–Crippen LogP) is 1.09. The Bertz CT molecular complexity index is 627. The Morgan fingerprint density at radius 3 is 2.24 bits per heavy atom. The molecule has 1 aliphatic rings. The van der Waals surface area contributed by atoms with E-state index in [1.54, 1.807) is 30.3 Å². The maximum absolute atomic E-state index is 12.2. The average molecular weight is 357 g/mol. The summed E-state index contributed by atoms with van der Waals surface area (Å²) >= 11 is 0. The molecule has 0 radical (unpaired) electrons. The zero-order chi connectivity index (χ0) is 18.4. The lowest BCUT2D eigenvalue weighted by atomic mass is 10.0. The van der Waals surface area contributed by atoms with Crippen molar-refractivity contribution >= 4 is 17.7 Å². The highest BCUT2D eigenvalue weighted by Crippen LogP contribution is 2.17. The molecule has 0 aromatic heterocycles. The van der Waals surface area contributed by atoms with E-state index in [4.69, 9.17) is 0 Å². The Labute approximate surface area is 142 Å². The number of carbonyl (C=O) groups excluding carboxylic acids is 3. The molecule has 0 bridgehead atoms. The average Bonchev–Trinajstić information content (AvgIpc) is 2.60. The molecule has 6 nitrogen and oxygen atoms in total. The molecule has 136 valence electrons. The number of carbonyl (C=O) groups is 3. The van der Waals surface area contributed by atoms with Gasteiger partial charge in [0.05, 0.1) is 6.54 Å². The van der Waals surface area contributed by atoms with Crippen molar-refractivity contribution in [2.24, 2.45) is 0 Å². The van der Waals surface area contributed by atoms with E-state index in [1.165, 1.54) is 4.90 Å². The van der Waals surface area contributed by atoms with Crippen LogP contribution in [-0.2, 0) is 9.59 Å². The molecule has 2 rings (SSSR count). The first-order valence-corrected chi connectivity index (χ1v) is 7.76. The van der Waals surface area contributed by atoms with Crippen molar-refractivity contribution in [3.63, 3.8) is 0 Å². The van der Waals surface area contributed by atoms with Crippen LogP contribution in [0.15, 0.2) is 30.3 Å². The summed E-state index contributed by atoms with van der Waals surface area (Å²) in [7, 11) is 0. The molecule has 0 saturated carbocycles. The van der Waals surface area contributed by atoms with Crippen molar-refractivity contribution < 1.29 is 27.6 Å². The topological polar surface area (TPSA) is 78.5 Å². The summed E-state index contributed by atoms with van der Waals surface area (Å²) in [5, 5.41) is 4.43. The quantitative estimate of drug-likeness (QED) is 0.847. The number of rotatable bonds is 4. The highest BCUT2D eigenvalue weighted by Gasteiger charge is 2.40. The van der Waals surface area contributed by atoms with Crippen LogP contribution in [0.5, 0.6) is 0 Å². The molecule has 3 amide bonds. The Morgan fingerprint density at radius 2 is 1.68 bits per heavy atom. The van der Waals surface area contributed by atoms with Gasteiger partial charge in [-0.1, -0.05) is 18.2 Å². The van der Waals surface area contributed by atoms with Crippen molar-refractivity contribution in [2.45, 2.75) is 25.1 Å². The lowest BCUT2D eigenvalue weighted by molar-refractivity contribution is -0.174. The van der Waals surface area contributed by atoms with E-state index in [1.807, 2.05) is 5.32 Å². The van der Waals surface area contributed by atoms with Gasteiger partial charge in [0.25, 0.3) is 5.91 Å². The molecule has 2 N–H and O–H groups in total. The molecule has 1 aliphatic heterocycles. The van der Waals surface area contributed by atoms with E-state index >= 15 is 0 Å². The highest BCUT2D eigenvalue weighted by atomic mass is 19.4. The maximum atomic E-state index is 12.2. The number of likely N-dealkylation sites (tertiary alicyclic amines) is 1. The molecule has 1 aromatic carbocycles. The zero-order valence-corrected chi connectivity index (χ0v) is 13.3. The van der Waals surface area contributed by atoms with E-state index in [0.29, 0.717) is 5.56 Å². The fourth-order valence-electron chi connectivity index (χ4n) is 2.50. The molecule has 1 heterocycles. The summed E-state index contributed by atoms with van der Waals surface area (Å²) in [4.78, 5) is 36.3. The number of amides is 3. The molecular formula is C16H18F3N3O3. The minimum absolute atomic E-state index is 0.187. The van der Waals surface area contributed by atoms with Crippen molar-refractivity contribution in [1.82, 2.24) is 15.5 Å². The largest absolute Gasteiger partial charge is 0.471 e. The number of piperidine rings is 1.